The largest absolute Gasteiger partial charge is 0.374 e. The third-order valence-corrected chi connectivity index (χ3v) is 4.74. The van der Waals surface area contributed by atoms with E-state index in [-0.39, 0.29) is 12.0 Å². The van der Waals surface area contributed by atoms with Crippen molar-refractivity contribution in [2.45, 2.75) is 25.4 Å². The molecule has 4 heteroatoms. The lowest BCUT2D eigenvalue weighted by Gasteiger charge is -2.33. The van der Waals surface area contributed by atoms with Crippen LogP contribution in [0.4, 0.5) is 0 Å². The number of ether oxygens (including phenoxy) is 1. The third-order valence-electron chi connectivity index (χ3n) is 4.01. The number of thiophene rings is 1. The lowest BCUT2D eigenvalue weighted by Crippen LogP contribution is -2.46. The van der Waals surface area contributed by atoms with Gasteiger partial charge in [-0.1, -0.05) is 30.3 Å². The zero-order valence-corrected chi connectivity index (χ0v) is 13.4. The highest BCUT2D eigenvalue weighted by Crippen LogP contribution is 2.14. The highest BCUT2D eigenvalue weighted by atomic mass is 32.1. The average Bonchev–Trinajstić information content (AvgIpc) is 3.07. The van der Waals surface area contributed by atoms with Gasteiger partial charge in [-0.15, -0.1) is 0 Å². The molecule has 1 aromatic carbocycles. The molecule has 22 heavy (non-hydrogen) atoms. The highest BCUT2D eigenvalue weighted by molar-refractivity contribution is 7.07. The standard InChI is InChI=1S/C18H21NO2S/c20-18(7-6-16-8-11-22-14-16)19-9-10-21-17(13-19)12-15-4-2-1-3-5-15/h1-5,8,11,14,17H,6-7,9-10,12-13H2/t17-/m1/s1. The van der Waals surface area contributed by atoms with E-state index in [1.807, 2.05) is 23.1 Å². The minimum absolute atomic E-state index is 0.112. The molecule has 0 saturated carbocycles. The quantitative estimate of drug-likeness (QED) is 0.848. The smallest absolute Gasteiger partial charge is 0.223 e. The van der Waals surface area contributed by atoms with Gasteiger partial charge in [0.15, 0.2) is 0 Å². The van der Waals surface area contributed by atoms with Crippen LogP contribution in [-0.2, 0) is 22.4 Å². The average molecular weight is 315 g/mol. The van der Waals surface area contributed by atoms with Crippen LogP contribution in [0.3, 0.4) is 0 Å². The fraction of sp³-hybridized carbons (Fsp3) is 0.389. The maximum Gasteiger partial charge on any atom is 0.223 e. The number of hydrogen-bond donors (Lipinski definition) is 0. The summed E-state index contributed by atoms with van der Waals surface area (Å²) in [6.07, 6.45) is 2.41. The Morgan fingerprint density at radius 3 is 2.86 bits per heavy atom. The Morgan fingerprint density at radius 1 is 1.23 bits per heavy atom. The molecule has 1 aliphatic heterocycles. The van der Waals surface area contributed by atoms with E-state index in [0.29, 0.717) is 26.1 Å². The van der Waals surface area contributed by atoms with E-state index in [9.17, 15) is 4.79 Å². The predicted octanol–water partition coefficient (Wildman–Crippen LogP) is 3.15. The van der Waals surface area contributed by atoms with Crippen molar-refractivity contribution in [3.8, 4) is 0 Å². The highest BCUT2D eigenvalue weighted by Gasteiger charge is 2.24. The summed E-state index contributed by atoms with van der Waals surface area (Å²) in [7, 11) is 0. The molecule has 3 nitrogen and oxygen atoms in total. The van der Waals surface area contributed by atoms with Gasteiger partial charge in [0.05, 0.1) is 12.7 Å². The van der Waals surface area contributed by atoms with Crippen LogP contribution in [0.5, 0.6) is 0 Å². The van der Waals surface area contributed by atoms with E-state index in [1.54, 1.807) is 11.3 Å². The maximum atomic E-state index is 12.4. The molecule has 0 bridgehead atoms. The molecule has 0 unspecified atom stereocenters. The first-order valence-electron chi connectivity index (χ1n) is 7.75. The van der Waals surface area contributed by atoms with E-state index in [0.717, 1.165) is 12.8 Å². The SMILES string of the molecule is O=C(CCc1ccsc1)N1CCO[C@H](Cc2ccccc2)C1. The Bertz CT molecular complexity index is 582. The summed E-state index contributed by atoms with van der Waals surface area (Å²) >= 11 is 1.68. The van der Waals surface area contributed by atoms with Crippen molar-refractivity contribution in [2.24, 2.45) is 0 Å². The molecule has 116 valence electrons. The minimum atomic E-state index is 0.112. The fourth-order valence-corrected chi connectivity index (χ4v) is 3.49. The summed E-state index contributed by atoms with van der Waals surface area (Å²) in [5.41, 5.74) is 2.52. The number of nitrogens with zero attached hydrogens (tertiary/aromatic N) is 1. The van der Waals surface area contributed by atoms with Gasteiger partial charge in [0.25, 0.3) is 0 Å². The molecule has 2 aromatic rings. The molecular formula is C18H21NO2S. The molecule has 1 saturated heterocycles. The van der Waals surface area contributed by atoms with Crippen LogP contribution in [0, 0.1) is 0 Å². The van der Waals surface area contributed by atoms with Crippen molar-refractivity contribution < 1.29 is 9.53 Å². The molecule has 0 spiro atoms. The monoisotopic (exact) mass is 315 g/mol. The molecule has 0 aliphatic carbocycles. The maximum absolute atomic E-state index is 12.4. The number of aryl methyl sites for hydroxylation is 1. The number of benzene rings is 1. The second-order valence-electron chi connectivity index (χ2n) is 5.65. The molecule has 0 radical (unpaired) electrons. The summed E-state index contributed by atoms with van der Waals surface area (Å²) in [6, 6.07) is 12.4. The van der Waals surface area contributed by atoms with Crippen molar-refractivity contribution in [2.75, 3.05) is 19.7 Å². The summed E-state index contributed by atoms with van der Waals surface area (Å²) in [5.74, 6) is 0.243. The fourth-order valence-electron chi connectivity index (χ4n) is 2.79. The Balaban J connectivity index is 1.50. The van der Waals surface area contributed by atoms with Gasteiger partial charge in [-0.3, -0.25) is 4.79 Å². The third kappa shape index (κ3) is 4.18. The molecule has 3 rings (SSSR count). The Kier molecular flexibility index (Phi) is 5.24. The van der Waals surface area contributed by atoms with Crippen molar-refractivity contribution in [1.82, 2.24) is 4.90 Å². The molecule has 1 amide bonds. The molecule has 1 atom stereocenters. The van der Waals surface area contributed by atoms with Crippen LogP contribution >= 0.6 is 11.3 Å². The van der Waals surface area contributed by atoms with E-state index in [1.165, 1.54) is 11.1 Å². The van der Waals surface area contributed by atoms with Gasteiger partial charge < -0.3 is 9.64 Å². The summed E-state index contributed by atoms with van der Waals surface area (Å²) < 4.78 is 5.82. The number of carbonyl (C=O) groups excluding carboxylic acids is 1. The van der Waals surface area contributed by atoms with Gasteiger partial charge >= 0.3 is 0 Å². The van der Waals surface area contributed by atoms with E-state index in [2.05, 4.69) is 29.0 Å². The Hall–Kier alpha value is -1.65. The minimum Gasteiger partial charge on any atom is -0.374 e. The van der Waals surface area contributed by atoms with Gasteiger partial charge in [0.2, 0.25) is 5.91 Å². The van der Waals surface area contributed by atoms with E-state index in [4.69, 9.17) is 4.74 Å². The number of carbonyl (C=O) groups is 1. The summed E-state index contributed by atoms with van der Waals surface area (Å²) in [6.45, 7) is 2.06. The zero-order valence-electron chi connectivity index (χ0n) is 12.6. The van der Waals surface area contributed by atoms with Gasteiger partial charge in [0, 0.05) is 25.9 Å². The van der Waals surface area contributed by atoms with Crippen LogP contribution in [0.15, 0.2) is 47.2 Å². The number of amides is 1. The second-order valence-corrected chi connectivity index (χ2v) is 6.43. The molecule has 1 aliphatic rings. The van der Waals surface area contributed by atoms with Crippen molar-refractivity contribution >= 4 is 17.2 Å². The van der Waals surface area contributed by atoms with E-state index >= 15 is 0 Å². The summed E-state index contributed by atoms with van der Waals surface area (Å²) in [4.78, 5) is 14.3. The van der Waals surface area contributed by atoms with Gasteiger partial charge in [-0.05, 0) is 34.4 Å². The second kappa shape index (κ2) is 7.56. The molecule has 1 fully saturated rings. The molecule has 1 aromatic heterocycles. The lowest BCUT2D eigenvalue weighted by atomic mass is 10.1. The normalized spacial score (nSPS) is 18.4. The topological polar surface area (TPSA) is 29.5 Å². The van der Waals surface area contributed by atoms with Gasteiger partial charge in [-0.2, -0.15) is 11.3 Å². The molecule has 2 heterocycles. The van der Waals surface area contributed by atoms with Crippen molar-refractivity contribution in [3.63, 3.8) is 0 Å². The van der Waals surface area contributed by atoms with Crippen LogP contribution in [0.2, 0.25) is 0 Å². The molecule has 0 N–H and O–H groups in total. The van der Waals surface area contributed by atoms with Gasteiger partial charge in [-0.25, -0.2) is 0 Å². The number of hydrogen-bond acceptors (Lipinski definition) is 3. The van der Waals surface area contributed by atoms with Crippen LogP contribution in [0.25, 0.3) is 0 Å². The summed E-state index contributed by atoms with van der Waals surface area (Å²) in [5, 5.41) is 4.18. The van der Waals surface area contributed by atoms with Crippen LogP contribution in [0.1, 0.15) is 17.5 Å². The Morgan fingerprint density at radius 2 is 2.09 bits per heavy atom. The first-order chi connectivity index (χ1) is 10.8. The molecular weight excluding hydrogens is 294 g/mol. The predicted molar refractivity (Wildman–Crippen MR) is 89.1 cm³/mol. The van der Waals surface area contributed by atoms with Crippen molar-refractivity contribution in [3.05, 3.63) is 58.3 Å². The van der Waals surface area contributed by atoms with Crippen LogP contribution in [-0.4, -0.2) is 36.6 Å². The zero-order chi connectivity index (χ0) is 15.2. The first kappa shape index (κ1) is 15.3. The Labute approximate surface area is 135 Å². The number of morpholine rings is 1. The van der Waals surface area contributed by atoms with Crippen molar-refractivity contribution in [1.29, 1.82) is 0 Å². The van der Waals surface area contributed by atoms with E-state index < -0.39 is 0 Å². The first-order valence-corrected chi connectivity index (χ1v) is 8.70. The number of rotatable bonds is 5. The lowest BCUT2D eigenvalue weighted by molar-refractivity contribution is -0.138. The van der Waals surface area contributed by atoms with Gasteiger partial charge in [0.1, 0.15) is 0 Å². The van der Waals surface area contributed by atoms with Crippen LogP contribution < -0.4 is 0 Å².